The van der Waals surface area contributed by atoms with Gasteiger partial charge in [0.2, 0.25) is 0 Å². The monoisotopic (exact) mass is 223 g/mol. The third-order valence-corrected chi connectivity index (χ3v) is 3.05. The number of aliphatic hydroxyl groups excluding tert-OH is 1. The highest BCUT2D eigenvalue weighted by atomic mass is 32.1. The molecule has 1 unspecified atom stereocenters. The third-order valence-electron chi connectivity index (χ3n) is 2.08. The molecule has 1 rings (SSSR count). The van der Waals surface area contributed by atoms with E-state index >= 15 is 0 Å². The first-order chi connectivity index (χ1) is 7.27. The van der Waals surface area contributed by atoms with Gasteiger partial charge in [0.15, 0.2) is 0 Å². The summed E-state index contributed by atoms with van der Waals surface area (Å²) in [4.78, 5) is 3.11. The minimum Gasteiger partial charge on any atom is -0.386 e. The van der Waals surface area contributed by atoms with E-state index in [0.717, 1.165) is 18.0 Å². The molecule has 0 saturated carbocycles. The summed E-state index contributed by atoms with van der Waals surface area (Å²) in [6.07, 6.45) is 3.26. The number of rotatable bonds is 7. The lowest BCUT2D eigenvalue weighted by atomic mass is 10.2. The standard InChI is InChI=1S/C12H17NOS/c1-3-7-13(8-4-2)10-11(14)12-6-5-9-15-12/h3-6,9,11,14H,1-2,7-8,10H2. The van der Waals surface area contributed by atoms with Crippen molar-refractivity contribution in [3.8, 4) is 0 Å². The zero-order chi connectivity index (χ0) is 11.1. The Labute approximate surface area is 95.2 Å². The summed E-state index contributed by atoms with van der Waals surface area (Å²) in [5.74, 6) is 0. The van der Waals surface area contributed by atoms with E-state index in [1.165, 1.54) is 0 Å². The van der Waals surface area contributed by atoms with Crippen molar-refractivity contribution in [1.82, 2.24) is 4.90 Å². The number of thiophene rings is 1. The van der Waals surface area contributed by atoms with Crippen LogP contribution in [0.1, 0.15) is 11.0 Å². The van der Waals surface area contributed by atoms with Gasteiger partial charge in [0, 0.05) is 24.5 Å². The first-order valence-electron chi connectivity index (χ1n) is 4.93. The maximum absolute atomic E-state index is 9.93. The van der Waals surface area contributed by atoms with E-state index in [9.17, 15) is 5.11 Å². The smallest absolute Gasteiger partial charge is 0.101 e. The van der Waals surface area contributed by atoms with Gasteiger partial charge in [-0.15, -0.1) is 24.5 Å². The Hall–Kier alpha value is -0.900. The van der Waals surface area contributed by atoms with Crippen LogP contribution in [-0.2, 0) is 0 Å². The molecule has 0 aliphatic carbocycles. The van der Waals surface area contributed by atoms with Crippen molar-refractivity contribution in [1.29, 1.82) is 0 Å². The van der Waals surface area contributed by atoms with Crippen molar-refractivity contribution < 1.29 is 5.11 Å². The molecule has 0 radical (unpaired) electrons. The molecular weight excluding hydrogens is 206 g/mol. The molecule has 2 nitrogen and oxygen atoms in total. The Morgan fingerprint density at radius 1 is 1.40 bits per heavy atom. The number of nitrogens with zero attached hydrogens (tertiary/aromatic N) is 1. The Bertz CT molecular complexity index is 285. The van der Waals surface area contributed by atoms with E-state index in [4.69, 9.17) is 0 Å². The van der Waals surface area contributed by atoms with Crippen LogP contribution in [0.2, 0.25) is 0 Å². The molecule has 1 atom stereocenters. The molecule has 1 N–H and O–H groups in total. The van der Waals surface area contributed by atoms with Gasteiger partial charge in [0.25, 0.3) is 0 Å². The van der Waals surface area contributed by atoms with Crippen LogP contribution < -0.4 is 0 Å². The van der Waals surface area contributed by atoms with Crippen LogP contribution in [0.25, 0.3) is 0 Å². The van der Waals surface area contributed by atoms with Gasteiger partial charge in [-0.25, -0.2) is 0 Å². The number of hydrogen-bond acceptors (Lipinski definition) is 3. The second-order valence-electron chi connectivity index (χ2n) is 3.33. The van der Waals surface area contributed by atoms with Gasteiger partial charge >= 0.3 is 0 Å². The predicted octanol–water partition coefficient (Wildman–Crippen LogP) is 2.46. The maximum Gasteiger partial charge on any atom is 0.101 e. The van der Waals surface area contributed by atoms with Gasteiger partial charge in [0.1, 0.15) is 6.10 Å². The van der Waals surface area contributed by atoms with Crippen LogP contribution in [0.15, 0.2) is 42.8 Å². The molecular formula is C12H17NOS. The van der Waals surface area contributed by atoms with Crippen molar-refractivity contribution in [3.63, 3.8) is 0 Å². The summed E-state index contributed by atoms with van der Waals surface area (Å²) < 4.78 is 0. The average molecular weight is 223 g/mol. The number of aliphatic hydroxyl groups is 1. The van der Waals surface area contributed by atoms with Crippen molar-refractivity contribution >= 4 is 11.3 Å². The highest BCUT2D eigenvalue weighted by molar-refractivity contribution is 7.10. The SMILES string of the molecule is C=CCN(CC=C)CC(O)c1cccs1. The largest absolute Gasteiger partial charge is 0.386 e. The van der Waals surface area contributed by atoms with Gasteiger partial charge in [-0.05, 0) is 11.4 Å². The van der Waals surface area contributed by atoms with Gasteiger partial charge in [0.05, 0.1) is 0 Å². The van der Waals surface area contributed by atoms with E-state index in [0.29, 0.717) is 6.54 Å². The topological polar surface area (TPSA) is 23.5 Å². The van der Waals surface area contributed by atoms with Gasteiger partial charge < -0.3 is 5.11 Å². The van der Waals surface area contributed by atoms with E-state index in [-0.39, 0.29) is 0 Å². The first kappa shape index (κ1) is 12.2. The summed E-state index contributed by atoms with van der Waals surface area (Å²) in [5, 5.41) is 11.9. The fourth-order valence-corrected chi connectivity index (χ4v) is 2.11. The molecule has 3 heteroatoms. The molecule has 0 amide bonds. The quantitative estimate of drug-likeness (QED) is 0.718. The molecule has 0 bridgehead atoms. The van der Waals surface area contributed by atoms with Crippen molar-refractivity contribution in [2.75, 3.05) is 19.6 Å². The zero-order valence-corrected chi connectivity index (χ0v) is 9.62. The Morgan fingerprint density at radius 3 is 2.53 bits per heavy atom. The molecule has 0 aromatic carbocycles. The Balaban J connectivity index is 2.49. The average Bonchev–Trinajstić information content (AvgIpc) is 2.71. The lowest BCUT2D eigenvalue weighted by Crippen LogP contribution is -2.28. The van der Waals surface area contributed by atoms with Crippen LogP contribution in [-0.4, -0.2) is 29.6 Å². The van der Waals surface area contributed by atoms with E-state index in [1.807, 2.05) is 29.7 Å². The van der Waals surface area contributed by atoms with Crippen LogP contribution in [0.5, 0.6) is 0 Å². The molecule has 1 aromatic rings. The summed E-state index contributed by atoms with van der Waals surface area (Å²) >= 11 is 1.58. The van der Waals surface area contributed by atoms with Gasteiger partial charge in [-0.3, -0.25) is 4.90 Å². The highest BCUT2D eigenvalue weighted by Gasteiger charge is 2.12. The maximum atomic E-state index is 9.93. The highest BCUT2D eigenvalue weighted by Crippen LogP contribution is 2.19. The van der Waals surface area contributed by atoms with Gasteiger partial charge in [-0.1, -0.05) is 18.2 Å². The molecule has 0 aliphatic heterocycles. The molecule has 0 spiro atoms. The van der Waals surface area contributed by atoms with Crippen molar-refractivity contribution in [3.05, 3.63) is 47.7 Å². The summed E-state index contributed by atoms with van der Waals surface area (Å²) in [5.41, 5.74) is 0. The van der Waals surface area contributed by atoms with Crippen molar-refractivity contribution in [2.24, 2.45) is 0 Å². The van der Waals surface area contributed by atoms with E-state index < -0.39 is 6.10 Å². The predicted molar refractivity (Wildman–Crippen MR) is 66.1 cm³/mol. The zero-order valence-electron chi connectivity index (χ0n) is 8.80. The normalized spacial score (nSPS) is 12.7. The van der Waals surface area contributed by atoms with E-state index in [2.05, 4.69) is 18.1 Å². The molecule has 1 heterocycles. The van der Waals surface area contributed by atoms with Crippen LogP contribution in [0, 0.1) is 0 Å². The molecule has 0 aliphatic rings. The Kier molecular flexibility index (Phi) is 5.32. The first-order valence-corrected chi connectivity index (χ1v) is 5.81. The molecule has 1 aromatic heterocycles. The minimum absolute atomic E-state index is 0.412. The fourth-order valence-electron chi connectivity index (χ4n) is 1.40. The Morgan fingerprint density at radius 2 is 2.07 bits per heavy atom. The lowest BCUT2D eigenvalue weighted by Gasteiger charge is -2.21. The summed E-state index contributed by atoms with van der Waals surface area (Å²) in [6, 6.07) is 3.91. The number of hydrogen-bond donors (Lipinski definition) is 1. The molecule has 15 heavy (non-hydrogen) atoms. The van der Waals surface area contributed by atoms with Crippen LogP contribution >= 0.6 is 11.3 Å². The van der Waals surface area contributed by atoms with E-state index in [1.54, 1.807) is 11.3 Å². The van der Waals surface area contributed by atoms with Crippen LogP contribution in [0.3, 0.4) is 0 Å². The van der Waals surface area contributed by atoms with Gasteiger partial charge in [-0.2, -0.15) is 0 Å². The second kappa shape index (κ2) is 6.56. The summed E-state index contributed by atoms with van der Waals surface area (Å²) in [7, 11) is 0. The minimum atomic E-state index is -0.412. The second-order valence-corrected chi connectivity index (χ2v) is 4.31. The van der Waals surface area contributed by atoms with Crippen LogP contribution in [0.4, 0.5) is 0 Å². The molecule has 0 saturated heterocycles. The molecule has 0 fully saturated rings. The lowest BCUT2D eigenvalue weighted by molar-refractivity contribution is 0.128. The fraction of sp³-hybridized carbons (Fsp3) is 0.333. The summed E-state index contributed by atoms with van der Waals surface area (Å²) in [6.45, 7) is 9.56. The molecule has 82 valence electrons. The van der Waals surface area contributed by atoms with Crippen molar-refractivity contribution in [2.45, 2.75) is 6.10 Å². The third kappa shape index (κ3) is 4.00.